The van der Waals surface area contributed by atoms with Crippen LogP contribution in [0.2, 0.25) is 0 Å². The Morgan fingerprint density at radius 2 is 2.12 bits per heavy atom. The molecule has 1 amide bonds. The van der Waals surface area contributed by atoms with Crippen LogP contribution in [0, 0.1) is 0 Å². The minimum atomic E-state index is -1.08. The third-order valence-electron chi connectivity index (χ3n) is 1.97. The molecule has 0 atom stereocenters. The predicted molar refractivity (Wildman–Crippen MR) is 62.7 cm³/mol. The second kappa shape index (κ2) is 6.32. The SMILES string of the molecule is COc1ccccc1C=CC(=O)NCC(=O)O. The normalized spacial score (nSPS) is 10.2. The van der Waals surface area contributed by atoms with Crippen molar-refractivity contribution in [1.29, 1.82) is 0 Å². The number of carbonyl (C=O) groups excluding carboxylic acids is 1. The molecule has 1 rings (SSSR count). The number of para-hydroxylation sites is 1. The van der Waals surface area contributed by atoms with Crippen molar-refractivity contribution in [2.24, 2.45) is 0 Å². The number of hydrogen-bond acceptors (Lipinski definition) is 3. The molecule has 1 aromatic rings. The fraction of sp³-hybridized carbons (Fsp3) is 0.167. The van der Waals surface area contributed by atoms with E-state index in [2.05, 4.69) is 5.32 Å². The van der Waals surface area contributed by atoms with Crippen LogP contribution in [0.15, 0.2) is 30.3 Å². The molecule has 90 valence electrons. The van der Waals surface area contributed by atoms with Gasteiger partial charge in [-0.1, -0.05) is 18.2 Å². The maximum Gasteiger partial charge on any atom is 0.322 e. The number of hydrogen-bond donors (Lipinski definition) is 2. The number of ether oxygens (including phenoxy) is 1. The summed E-state index contributed by atoms with van der Waals surface area (Å²) in [6.07, 6.45) is 2.83. The molecule has 0 fully saturated rings. The molecule has 5 nitrogen and oxygen atoms in total. The van der Waals surface area contributed by atoms with Gasteiger partial charge >= 0.3 is 5.97 Å². The van der Waals surface area contributed by atoms with Crippen LogP contribution in [0.25, 0.3) is 6.08 Å². The summed E-state index contributed by atoms with van der Waals surface area (Å²) in [6.45, 7) is -0.394. The summed E-state index contributed by atoms with van der Waals surface area (Å²) >= 11 is 0. The van der Waals surface area contributed by atoms with Gasteiger partial charge in [-0.15, -0.1) is 0 Å². The number of methoxy groups -OCH3 is 1. The molecule has 0 saturated carbocycles. The summed E-state index contributed by atoms with van der Waals surface area (Å²) in [5.74, 6) is -0.892. The fourth-order valence-electron chi connectivity index (χ4n) is 1.19. The van der Waals surface area contributed by atoms with Gasteiger partial charge in [0.1, 0.15) is 12.3 Å². The lowest BCUT2D eigenvalue weighted by Gasteiger charge is -2.03. The third kappa shape index (κ3) is 4.38. The van der Waals surface area contributed by atoms with Crippen molar-refractivity contribution in [1.82, 2.24) is 5.32 Å². The molecule has 0 radical (unpaired) electrons. The highest BCUT2D eigenvalue weighted by Crippen LogP contribution is 2.18. The zero-order valence-electron chi connectivity index (χ0n) is 9.34. The van der Waals surface area contributed by atoms with Gasteiger partial charge in [0.25, 0.3) is 0 Å². The first kappa shape index (κ1) is 12.8. The van der Waals surface area contributed by atoms with E-state index in [0.717, 1.165) is 5.56 Å². The van der Waals surface area contributed by atoms with Crippen LogP contribution in [0.5, 0.6) is 5.75 Å². The van der Waals surface area contributed by atoms with Crippen LogP contribution < -0.4 is 10.1 Å². The Hall–Kier alpha value is -2.30. The van der Waals surface area contributed by atoms with Crippen molar-refractivity contribution in [3.8, 4) is 5.75 Å². The van der Waals surface area contributed by atoms with Crippen LogP contribution >= 0.6 is 0 Å². The van der Waals surface area contributed by atoms with Crippen molar-refractivity contribution in [2.45, 2.75) is 0 Å². The third-order valence-corrected chi connectivity index (χ3v) is 1.97. The van der Waals surface area contributed by atoms with Crippen molar-refractivity contribution in [2.75, 3.05) is 13.7 Å². The Morgan fingerprint density at radius 3 is 2.76 bits per heavy atom. The summed E-state index contributed by atoms with van der Waals surface area (Å²) in [6, 6.07) is 7.20. The van der Waals surface area contributed by atoms with Gasteiger partial charge in [0.05, 0.1) is 7.11 Å². The Labute approximate surface area is 98.7 Å². The number of benzene rings is 1. The lowest BCUT2D eigenvalue weighted by atomic mass is 10.2. The van der Waals surface area contributed by atoms with Gasteiger partial charge in [0, 0.05) is 11.6 Å². The summed E-state index contributed by atoms with van der Waals surface area (Å²) in [5.41, 5.74) is 0.750. The second-order valence-corrected chi connectivity index (χ2v) is 3.19. The molecule has 2 N–H and O–H groups in total. The monoisotopic (exact) mass is 235 g/mol. The molecule has 0 spiro atoms. The van der Waals surface area contributed by atoms with Gasteiger partial charge in [-0.25, -0.2) is 0 Å². The molecular weight excluding hydrogens is 222 g/mol. The summed E-state index contributed by atoms with van der Waals surface area (Å²) in [7, 11) is 1.54. The first-order chi connectivity index (χ1) is 8.13. The van der Waals surface area contributed by atoms with Crippen molar-refractivity contribution in [3.63, 3.8) is 0 Å². The lowest BCUT2D eigenvalue weighted by Crippen LogP contribution is -2.27. The van der Waals surface area contributed by atoms with Crippen LogP contribution in [-0.2, 0) is 9.59 Å². The number of carboxylic acid groups (broad SMARTS) is 1. The van der Waals surface area contributed by atoms with E-state index in [1.54, 1.807) is 18.2 Å². The van der Waals surface area contributed by atoms with Crippen LogP contribution in [-0.4, -0.2) is 30.6 Å². The molecule has 0 heterocycles. The molecule has 0 saturated heterocycles. The molecule has 0 aromatic heterocycles. The number of aliphatic carboxylic acids is 1. The minimum Gasteiger partial charge on any atom is -0.496 e. The van der Waals surface area contributed by atoms with E-state index in [-0.39, 0.29) is 0 Å². The molecule has 5 heteroatoms. The van der Waals surface area contributed by atoms with E-state index in [4.69, 9.17) is 9.84 Å². The molecule has 1 aromatic carbocycles. The van der Waals surface area contributed by atoms with Gasteiger partial charge in [-0.2, -0.15) is 0 Å². The lowest BCUT2D eigenvalue weighted by molar-refractivity contribution is -0.137. The number of carboxylic acids is 1. The Balaban J connectivity index is 2.63. The zero-order chi connectivity index (χ0) is 12.7. The van der Waals surface area contributed by atoms with E-state index < -0.39 is 18.4 Å². The smallest absolute Gasteiger partial charge is 0.322 e. The number of amides is 1. The van der Waals surface area contributed by atoms with Gasteiger partial charge < -0.3 is 15.2 Å². The highest BCUT2D eigenvalue weighted by molar-refractivity contribution is 5.93. The van der Waals surface area contributed by atoms with E-state index in [1.165, 1.54) is 13.2 Å². The Morgan fingerprint density at radius 1 is 1.41 bits per heavy atom. The highest BCUT2D eigenvalue weighted by atomic mass is 16.5. The average Bonchev–Trinajstić information content (AvgIpc) is 2.34. The van der Waals surface area contributed by atoms with Crippen molar-refractivity contribution in [3.05, 3.63) is 35.9 Å². The summed E-state index contributed by atoms with van der Waals surface area (Å²) < 4.78 is 5.10. The maximum absolute atomic E-state index is 11.2. The van der Waals surface area contributed by atoms with E-state index in [1.807, 2.05) is 12.1 Å². The van der Waals surface area contributed by atoms with Gasteiger partial charge in [0.15, 0.2) is 0 Å². The Kier molecular flexibility index (Phi) is 4.75. The largest absolute Gasteiger partial charge is 0.496 e. The fourth-order valence-corrected chi connectivity index (χ4v) is 1.19. The molecule has 0 unspecified atom stereocenters. The first-order valence-electron chi connectivity index (χ1n) is 4.94. The van der Waals surface area contributed by atoms with Gasteiger partial charge in [0.2, 0.25) is 5.91 Å². The first-order valence-corrected chi connectivity index (χ1v) is 4.94. The summed E-state index contributed by atoms with van der Waals surface area (Å²) in [4.78, 5) is 21.4. The maximum atomic E-state index is 11.2. The van der Waals surface area contributed by atoms with Crippen molar-refractivity contribution >= 4 is 18.0 Å². The topological polar surface area (TPSA) is 75.6 Å². The average molecular weight is 235 g/mol. The van der Waals surface area contributed by atoms with Gasteiger partial charge in [-0.05, 0) is 12.1 Å². The summed E-state index contributed by atoms with van der Waals surface area (Å²) in [5, 5.41) is 10.6. The molecule has 0 aliphatic carbocycles. The second-order valence-electron chi connectivity index (χ2n) is 3.19. The quantitative estimate of drug-likeness (QED) is 0.744. The Bertz CT molecular complexity index is 440. The van der Waals surface area contributed by atoms with E-state index >= 15 is 0 Å². The number of nitrogens with one attached hydrogen (secondary N) is 1. The molecular formula is C12H13NO4. The van der Waals surface area contributed by atoms with Crippen LogP contribution in [0.4, 0.5) is 0 Å². The highest BCUT2D eigenvalue weighted by Gasteiger charge is 2.01. The molecule has 0 bridgehead atoms. The molecule has 17 heavy (non-hydrogen) atoms. The zero-order valence-corrected chi connectivity index (χ0v) is 9.34. The standard InChI is InChI=1S/C12H13NO4/c1-17-10-5-3-2-4-9(10)6-7-11(14)13-8-12(15)16/h2-7H,8H2,1H3,(H,13,14)(H,15,16). The van der Waals surface area contributed by atoms with Gasteiger partial charge in [-0.3, -0.25) is 9.59 Å². The molecule has 0 aliphatic heterocycles. The minimum absolute atomic E-state index is 0.394. The van der Waals surface area contributed by atoms with E-state index in [9.17, 15) is 9.59 Å². The number of rotatable bonds is 5. The van der Waals surface area contributed by atoms with Crippen LogP contribution in [0.3, 0.4) is 0 Å². The number of carbonyl (C=O) groups is 2. The molecule has 0 aliphatic rings. The van der Waals surface area contributed by atoms with Crippen molar-refractivity contribution < 1.29 is 19.4 Å². The van der Waals surface area contributed by atoms with E-state index in [0.29, 0.717) is 5.75 Å². The predicted octanol–water partition coefficient (Wildman–Crippen LogP) is 0.909. The van der Waals surface area contributed by atoms with Crippen LogP contribution in [0.1, 0.15) is 5.56 Å².